The monoisotopic (exact) mass is 471 g/mol. The van der Waals surface area contributed by atoms with Crippen LogP contribution in [0.25, 0.3) is 10.8 Å². The van der Waals surface area contributed by atoms with Gasteiger partial charge in [0, 0.05) is 16.1 Å². The smallest absolute Gasteiger partial charge is 0.343 e. The van der Waals surface area contributed by atoms with Crippen LogP contribution in [-0.2, 0) is 9.59 Å². The van der Waals surface area contributed by atoms with Crippen LogP contribution < -0.4 is 15.5 Å². The normalized spacial score (nSPS) is 10.7. The minimum Gasteiger partial charge on any atom is -0.423 e. The van der Waals surface area contributed by atoms with Gasteiger partial charge in [0.2, 0.25) is 0 Å². The summed E-state index contributed by atoms with van der Waals surface area (Å²) in [5, 5.41) is 8.61. The summed E-state index contributed by atoms with van der Waals surface area (Å²) in [4.78, 5) is 36.5. The molecule has 0 aliphatic heterocycles. The molecule has 7 nitrogen and oxygen atoms in total. The quantitative estimate of drug-likeness (QED) is 0.144. The van der Waals surface area contributed by atoms with Crippen molar-refractivity contribution in [1.29, 1.82) is 0 Å². The van der Waals surface area contributed by atoms with Gasteiger partial charge in [-0.3, -0.25) is 9.59 Å². The molecule has 168 valence electrons. The Bertz CT molecular complexity index is 1400. The van der Waals surface area contributed by atoms with Crippen LogP contribution in [0.3, 0.4) is 0 Å². The number of amides is 2. The van der Waals surface area contributed by atoms with E-state index in [1.807, 2.05) is 30.3 Å². The second kappa shape index (κ2) is 10.4. The predicted molar refractivity (Wildman–Crippen MR) is 131 cm³/mol. The van der Waals surface area contributed by atoms with Crippen molar-refractivity contribution in [2.75, 3.05) is 5.32 Å². The van der Waals surface area contributed by atoms with Gasteiger partial charge in [-0.15, -0.1) is 0 Å². The molecular formula is C26H18ClN3O4. The molecule has 0 heterocycles. The van der Waals surface area contributed by atoms with E-state index < -0.39 is 17.8 Å². The van der Waals surface area contributed by atoms with Gasteiger partial charge in [0.05, 0.1) is 11.8 Å². The standard InChI is InChI=1S/C26H18ClN3O4/c27-20-8-3-7-19(15-20)26(33)34-21-13-11-17(12-14-21)16-28-30-25(32)24(31)29-23-10-4-6-18-5-1-2-9-22(18)23/h1-16H,(H,29,31)(H,30,32). The van der Waals surface area contributed by atoms with Gasteiger partial charge in [-0.2, -0.15) is 5.10 Å². The maximum absolute atomic E-state index is 12.2. The molecule has 0 bridgehead atoms. The zero-order chi connectivity index (χ0) is 23.9. The molecule has 0 unspecified atom stereocenters. The molecule has 0 fully saturated rings. The molecule has 8 heteroatoms. The molecule has 2 amide bonds. The van der Waals surface area contributed by atoms with Crippen LogP contribution in [-0.4, -0.2) is 24.0 Å². The van der Waals surface area contributed by atoms with Crippen molar-refractivity contribution < 1.29 is 19.1 Å². The third kappa shape index (κ3) is 5.65. The minimum atomic E-state index is -0.906. The van der Waals surface area contributed by atoms with E-state index in [9.17, 15) is 14.4 Å². The number of hydrazone groups is 1. The number of rotatable bonds is 5. The number of benzene rings is 4. The SMILES string of the molecule is O=C(NN=Cc1ccc(OC(=O)c2cccc(Cl)c2)cc1)C(=O)Nc1cccc2ccccc12. The van der Waals surface area contributed by atoms with E-state index in [1.165, 1.54) is 12.3 Å². The largest absolute Gasteiger partial charge is 0.423 e. The molecule has 4 aromatic rings. The Morgan fingerprint density at radius 2 is 1.56 bits per heavy atom. The number of halogens is 1. The summed E-state index contributed by atoms with van der Waals surface area (Å²) in [6.07, 6.45) is 1.37. The first kappa shape index (κ1) is 22.7. The third-order valence-corrected chi connectivity index (χ3v) is 5.01. The van der Waals surface area contributed by atoms with Crippen LogP contribution in [0.1, 0.15) is 15.9 Å². The number of anilines is 1. The van der Waals surface area contributed by atoms with Gasteiger partial charge in [0.25, 0.3) is 0 Å². The maximum atomic E-state index is 12.2. The third-order valence-electron chi connectivity index (χ3n) is 4.77. The Hall–Kier alpha value is -4.49. The van der Waals surface area contributed by atoms with Crippen molar-refractivity contribution in [3.8, 4) is 5.75 Å². The summed E-state index contributed by atoms with van der Waals surface area (Å²) < 4.78 is 5.31. The first-order valence-electron chi connectivity index (χ1n) is 10.2. The second-order valence-corrected chi connectivity index (χ2v) is 7.59. The predicted octanol–water partition coefficient (Wildman–Crippen LogP) is 4.80. The van der Waals surface area contributed by atoms with Gasteiger partial charge in [0.1, 0.15) is 5.75 Å². The Labute approximate surface area is 200 Å². The topological polar surface area (TPSA) is 96.9 Å². The van der Waals surface area contributed by atoms with Crippen LogP contribution in [0.2, 0.25) is 5.02 Å². The summed E-state index contributed by atoms with van der Waals surface area (Å²) in [5.74, 6) is -1.94. The molecule has 0 aromatic heterocycles. The summed E-state index contributed by atoms with van der Waals surface area (Å²) in [6.45, 7) is 0. The summed E-state index contributed by atoms with van der Waals surface area (Å²) in [6, 6.07) is 25.9. The molecule has 0 spiro atoms. The van der Waals surface area contributed by atoms with E-state index in [1.54, 1.807) is 54.6 Å². The number of hydrogen-bond donors (Lipinski definition) is 2. The fraction of sp³-hybridized carbons (Fsp3) is 0. The molecule has 0 radical (unpaired) electrons. The summed E-state index contributed by atoms with van der Waals surface area (Å²) in [5.41, 5.74) is 3.68. The average molecular weight is 472 g/mol. The van der Waals surface area contributed by atoms with Gasteiger partial charge in [-0.05, 0) is 59.5 Å². The fourth-order valence-corrected chi connectivity index (χ4v) is 3.32. The zero-order valence-electron chi connectivity index (χ0n) is 17.7. The van der Waals surface area contributed by atoms with Crippen molar-refractivity contribution in [3.63, 3.8) is 0 Å². The highest BCUT2D eigenvalue weighted by molar-refractivity contribution is 6.40. The van der Waals surface area contributed by atoms with E-state index in [-0.39, 0.29) is 0 Å². The minimum absolute atomic E-state index is 0.334. The van der Waals surface area contributed by atoms with Gasteiger partial charge in [-0.1, -0.05) is 54.1 Å². The van der Waals surface area contributed by atoms with Crippen LogP contribution in [0.4, 0.5) is 5.69 Å². The highest BCUT2D eigenvalue weighted by Gasteiger charge is 2.14. The second-order valence-electron chi connectivity index (χ2n) is 7.15. The van der Waals surface area contributed by atoms with Gasteiger partial charge in [-0.25, -0.2) is 10.2 Å². The van der Waals surface area contributed by atoms with E-state index in [0.29, 0.717) is 27.6 Å². The molecule has 0 aliphatic carbocycles. The number of nitrogens with zero attached hydrogens (tertiary/aromatic N) is 1. The Morgan fingerprint density at radius 3 is 2.35 bits per heavy atom. The lowest BCUT2D eigenvalue weighted by Crippen LogP contribution is -2.32. The van der Waals surface area contributed by atoms with Gasteiger partial charge in [0.15, 0.2) is 0 Å². The lowest BCUT2D eigenvalue weighted by atomic mass is 10.1. The maximum Gasteiger partial charge on any atom is 0.343 e. The van der Waals surface area contributed by atoms with E-state index in [4.69, 9.17) is 16.3 Å². The lowest BCUT2D eigenvalue weighted by molar-refractivity contribution is -0.136. The van der Waals surface area contributed by atoms with Crippen LogP contribution in [0.5, 0.6) is 5.75 Å². The number of nitrogens with one attached hydrogen (secondary N) is 2. The van der Waals surface area contributed by atoms with E-state index in [0.717, 1.165) is 10.8 Å². The number of carbonyl (C=O) groups excluding carboxylic acids is 3. The van der Waals surface area contributed by atoms with Crippen molar-refractivity contribution >= 4 is 52.1 Å². The Morgan fingerprint density at radius 1 is 0.824 bits per heavy atom. The first-order valence-corrected chi connectivity index (χ1v) is 10.6. The van der Waals surface area contributed by atoms with Crippen molar-refractivity contribution in [2.24, 2.45) is 5.10 Å². The fourth-order valence-electron chi connectivity index (χ4n) is 3.13. The molecule has 0 aliphatic rings. The average Bonchev–Trinajstić information content (AvgIpc) is 2.85. The molecule has 0 saturated carbocycles. The lowest BCUT2D eigenvalue weighted by Gasteiger charge is -2.07. The number of esters is 1. The number of hydrogen-bond acceptors (Lipinski definition) is 5. The Balaban J connectivity index is 1.31. The molecule has 2 N–H and O–H groups in total. The molecule has 4 rings (SSSR count). The summed E-state index contributed by atoms with van der Waals surface area (Å²) >= 11 is 5.89. The van der Waals surface area contributed by atoms with Crippen LogP contribution in [0.15, 0.2) is 96.1 Å². The molecule has 0 atom stereocenters. The highest BCUT2D eigenvalue weighted by atomic mass is 35.5. The van der Waals surface area contributed by atoms with Gasteiger partial charge >= 0.3 is 17.8 Å². The van der Waals surface area contributed by atoms with Crippen LogP contribution in [0, 0.1) is 0 Å². The van der Waals surface area contributed by atoms with Crippen molar-refractivity contribution in [3.05, 3.63) is 107 Å². The highest BCUT2D eigenvalue weighted by Crippen LogP contribution is 2.22. The van der Waals surface area contributed by atoms with Crippen molar-refractivity contribution in [1.82, 2.24) is 5.43 Å². The van der Waals surface area contributed by atoms with Crippen LogP contribution >= 0.6 is 11.6 Å². The zero-order valence-corrected chi connectivity index (χ0v) is 18.5. The number of ether oxygens (including phenoxy) is 1. The Kier molecular flexibility index (Phi) is 6.95. The van der Waals surface area contributed by atoms with Crippen molar-refractivity contribution in [2.45, 2.75) is 0 Å². The van der Waals surface area contributed by atoms with E-state index >= 15 is 0 Å². The first-order chi connectivity index (χ1) is 16.5. The molecule has 4 aromatic carbocycles. The number of fused-ring (bicyclic) bond motifs is 1. The molecule has 0 saturated heterocycles. The van der Waals surface area contributed by atoms with Gasteiger partial charge < -0.3 is 10.1 Å². The molecule has 34 heavy (non-hydrogen) atoms. The van der Waals surface area contributed by atoms with E-state index in [2.05, 4.69) is 15.8 Å². The molecular weight excluding hydrogens is 454 g/mol. The number of carbonyl (C=O) groups is 3. The summed E-state index contributed by atoms with van der Waals surface area (Å²) in [7, 11) is 0.